The van der Waals surface area contributed by atoms with Gasteiger partial charge in [-0.3, -0.25) is 0 Å². The van der Waals surface area contributed by atoms with Crippen LogP contribution in [-0.4, -0.2) is 0 Å². The first-order chi connectivity index (χ1) is 11.0. The van der Waals surface area contributed by atoms with Crippen LogP contribution in [0.1, 0.15) is 44.7 Å². The van der Waals surface area contributed by atoms with E-state index in [1.54, 1.807) is 0 Å². The summed E-state index contributed by atoms with van der Waals surface area (Å²) in [5.74, 6) is 0. The van der Waals surface area contributed by atoms with Gasteiger partial charge in [0, 0.05) is 5.41 Å². The molecule has 2 aliphatic carbocycles. The number of fused-ring (bicyclic) bond motifs is 1. The summed E-state index contributed by atoms with van der Waals surface area (Å²) in [6.07, 6.45) is 22.3. The fraction of sp³-hybridized carbons (Fsp3) is 0.304. The van der Waals surface area contributed by atoms with Crippen LogP contribution in [0.4, 0.5) is 0 Å². The summed E-state index contributed by atoms with van der Waals surface area (Å²) in [5, 5.41) is 0. The van der Waals surface area contributed by atoms with Crippen molar-refractivity contribution in [1.29, 1.82) is 0 Å². The van der Waals surface area contributed by atoms with Gasteiger partial charge < -0.3 is 0 Å². The van der Waals surface area contributed by atoms with Gasteiger partial charge in [-0.05, 0) is 35.0 Å². The molecule has 3 rings (SSSR count). The Hall–Kier alpha value is -2.08. The fourth-order valence-corrected chi connectivity index (χ4v) is 3.29. The molecule has 0 radical (unpaired) electrons. The van der Waals surface area contributed by atoms with Gasteiger partial charge in [-0.2, -0.15) is 0 Å². The normalized spacial score (nSPS) is 23.2. The molecule has 23 heavy (non-hydrogen) atoms. The van der Waals surface area contributed by atoms with E-state index in [0.717, 1.165) is 12.8 Å². The molecule has 0 amide bonds. The van der Waals surface area contributed by atoms with Crippen LogP contribution < -0.4 is 0 Å². The third-order valence-electron chi connectivity index (χ3n) is 4.84. The average molecular weight is 302 g/mol. The molecule has 2 aliphatic rings. The Kier molecular flexibility index (Phi) is 4.26. The molecule has 118 valence electrons. The van der Waals surface area contributed by atoms with E-state index in [1.165, 1.54) is 16.7 Å². The number of rotatable bonds is 3. The van der Waals surface area contributed by atoms with Gasteiger partial charge >= 0.3 is 0 Å². The van der Waals surface area contributed by atoms with Gasteiger partial charge in [0.25, 0.3) is 0 Å². The highest BCUT2D eigenvalue weighted by Crippen LogP contribution is 2.42. The first-order valence-corrected chi connectivity index (χ1v) is 8.50. The minimum Gasteiger partial charge on any atom is -0.0833 e. The van der Waals surface area contributed by atoms with Gasteiger partial charge in [0.15, 0.2) is 0 Å². The summed E-state index contributed by atoms with van der Waals surface area (Å²) < 4.78 is 0. The van der Waals surface area contributed by atoms with Crippen molar-refractivity contribution in [3.63, 3.8) is 0 Å². The molecular weight excluding hydrogens is 276 g/mol. The van der Waals surface area contributed by atoms with Crippen molar-refractivity contribution in [2.45, 2.75) is 39.0 Å². The lowest BCUT2D eigenvalue weighted by molar-refractivity contribution is 0.477. The number of hydrogen-bond donors (Lipinski definition) is 0. The van der Waals surface area contributed by atoms with Crippen molar-refractivity contribution in [2.75, 3.05) is 0 Å². The minimum atomic E-state index is 0.158. The first-order valence-electron chi connectivity index (χ1n) is 8.50. The van der Waals surface area contributed by atoms with Crippen molar-refractivity contribution in [3.05, 3.63) is 89.6 Å². The smallest absolute Gasteiger partial charge is 0.0204 e. The van der Waals surface area contributed by atoms with Crippen LogP contribution in [0.2, 0.25) is 0 Å². The van der Waals surface area contributed by atoms with Gasteiger partial charge in [0.05, 0.1) is 0 Å². The maximum Gasteiger partial charge on any atom is 0.0204 e. The lowest BCUT2D eigenvalue weighted by Gasteiger charge is -2.34. The van der Waals surface area contributed by atoms with Crippen LogP contribution in [0.5, 0.6) is 0 Å². The van der Waals surface area contributed by atoms with Crippen molar-refractivity contribution in [3.8, 4) is 0 Å². The highest BCUT2D eigenvalue weighted by Gasteiger charge is 2.30. The SMILES string of the molecule is CC(C)(C)c1ccc(/C=C\CC23C=CC=CC2=CC=CC3)cc1. The molecule has 1 aromatic rings. The predicted octanol–water partition coefficient (Wildman–Crippen LogP) is 6.39. The predicted molar refractivity (Wildman–Crippen MR) is 101 cm³/mol. The van der Waals surface area contributed by atoms with Gasteiger partial charge in [-0.15, -0.1) is 0 Å². The standard InChI is InChI=1S/C23H26/c1-22(2,3)20-14-12-19(13-15-20)9-8-18-23-16-6-4-10-21(23)11-5-7-17-23/h4-16H,17-18H2,1-3H3/b9-8-. The third kappa shape index (κ3) is 3.47. The van der Waals surface area contributed by atoms with Crippen LogP contribution in [0.15, 0.2) is 78.4 Å². The van der Waals surface area contributed by atoms with Crippen LogP contribution >= 0.6 is 0 Å². The summed E-state index contributed by atoms with van der Waals surface area (Å²) in [6, 6.07) is 8.94. The topological polar surface area (TPSA) is 0 Å². The van der Waals surface area contributed by atoms with Gasteiger partial charge in [-0.1, -0.05) is 99.7 Å². The van der Waals surface area contributed by atoms with Crippen molar-refractivity contribution in [1.82, 2.24) is 0 Å². The number of hydrogen-bond acceptors (Lipinski definition) is 0. The molecule has 0 N–H and O–H groups in total. The van der Waals surface area contributed by atoms with Crippen LogP contribution in [0.3, 0.4) is 0 Å². The molecule has 0 heterocycles. The molecule has 0 spiro atoms. The quantitative estimate of drug-likeness (QED) is 0.607. The average Bonchev–Trinajstić information content (AvgIpc) is 2.54. The second kappa shape index (κ2) is 6.20. The molecule has 0 fully saturated rings. The number of benzene rings is 1. The molecule has 0 aromatic heterocycles. The minimum absolute atomic E-state index is 0.158. The second-order valence-corrected chi connectivity index (χ2v) is 7.61. The fourth-order valence-electron chi connectivity index (χ4n) is 3.29. The van der Waals surface area contributed by atoms with Crippen molar-refractivity contribution < 1.29 is 0 Å². The Bertz CT molecular complexity index is 699. The van der Waals surface area contributed by atoms with Crippen molar-refractivity contribution in [2.24, 2.45) is 5.41 Å². The zero-order valence-corrected chi connectivity index (χ0v) is 14.4. The summed E-state index contributed by atoms with van der Waals surface area (Å²) in [7, 11) is 0. The lowest BCUT2D eigenvalue weighted by Crippen LogP contribution is -2.21. The van der Waals surface area contributed by atoms with Crippen LogP contribution in [0, 0.1) is 5.41 Å². The molecule has 0 heteroatoms. The van der Waals surface area contributed by atoms with E-state index in [9.17, 15) is 0 Å². The molecule has 1 aromatic carbocycles. The lowest BCUT2D eigenvalue weighted by atomic mass is 9.70. The summed E-state index contributed by atoms with van der Waals surface area (Å²) in [4.78, 5) is 0. The van der Waals surface area contributed by atoms with Crippen molar-refractivity contribution >= 4 is 6.08 Å². The van der Waals surface area contributed by atoms with Gasteiger partial charge in [0.1, 0.15) is 0 Å². The molecule has 0 saturated carbocycles. The molecule has 0 aliphatic heterocycles. The molecule has 1 unspecified atom stereocenters. The largest absolute Gasteiger partial charge is 0.0833 e. The zero-order chi connectivity index (χ0) is 16.3. The summed E-state index contributed by atoms with van der Waals surface area (Å²) in [6.45, 7) is 6.76. The Labute approximate surface area is 140 Å². The molecule has 1 atom stereocenters. The molecule has 0 bridgehead atoms. The molecule has 0 nitrogen and oxygen atoms in total. The van der Waals surface area contributed by atoms with Crippen LogP contribution in [-0.2, 0) is 5.41 Å². The highest BCUT2D eigenvalue weighted by atomic mass is 14.3. The van der Waals surface area contributed by atoms with Crippen LogP contribution in [0.25, 0.3) is 6.08 Å². The van der Waals surface area contributed by atoms with E-state index in [-0.39, 0.29) is 10.8 Å². The first kappa shape index (κ1) is 15.8. The van der Waals surface area contributed by atoms with E-state index in [0.29, 0.717) is 0 Å². The van der Waals surface area contributed by atoms with E-state index in [4.69, 9.17) is 0 Å². The third-order valence-corrected chi connectivity index (χ3v) is 4.84. The Morgan fingerprint density at radius 1 is 1.04 bits per heavy atom. The monoisotopic (exact) mass is 302 g/mol. The Morgan fingerprint density at radius 3 is 2.57 bits per heavy atom. The summed E-state index contributed by atoms with van der Waals surface area (Å²) in [5.41, 5.74) is 4.47. The van der Waals surface area contributed by atoms with E-state index >= 15 is 0 Å². The zero-order valence-electron chi connectivity index (χ0n) is 14.4. The Morgan fingerprint density at radius 2 is 1.83 bits per heavy atom. The van der Waals surface area contributed by atoms with E-state index in [2.05, 4.69) is 99.7 Å². The second-order valence-electron chi connectivity index (χ2n) is 7.61. The molecular formula is C23H26. The van der Waals surface area contributed by atoms with E-state index in [1.807, 2.05) is 0 Å². The van der Waals surface area contributed by atoms with Gasteiger partial charge in [-0.25, -0.2) is 0 Å². The van der Waals surface area contributed by atoms with Gasteiger partial charge in [0.2, 0.25) is 0 Å². The summed E-state index contributed by atoms with van der Waals surface area (Å²) >= 11 is 0. The maximum atomic E-state index is 2.36. The highest BCUT2D eigenvalue weighted by molar-refractivity contribution is 5.52. The molecule has 0 saturated heterocycles. The van der Waals surface area contributed by atoms with E-state index < -0.39 is 0 Å². The Balaban J connectivity index is 1.72. The number of allylic oxidation sites excluding steroid dienone is 9. The maximum absolute atomic E-state index is 2.36.